The highest BCUT2D eigenvalue weighted by Crippen LogP contribution is 2.31. The van der Waals surface area contributed by atoms with Crippen molar-refractivity contribution in [3.63, 3.8) is 0 Å². The zero-order valence-electron chi connectivity index (χ0n) is 46.0. The molecule has 0 aromatic rings. The summed E-state index contributed by atoms with van der Waals surface area (Å²) < 4.78 is 15.8. The van der Waals surface area contributed by atoms with Crippen LogP contribution < -0.4 is 53.4 Å². The number of carbonyl (C=O) groups is 8. The maximum absolute atomic E-state index is 12.4. The van der Waals surface area contributed by atoms with Crippen LogP contribution in [-0.2, 0) is 43.0 Å². The third-order valence-electron chi connectivity index (χ3n) is 15.3. The molecule has 0 aromatic carbocycles. The Balaban J connectivity index is 0.000000601. The van der Waals surface area contributed by atoms with E-state index in [-0.39, 0.29) is 123 Å². The number of hydrogen-bond donors (Lipinski definition) is 10. The highest BCUT2D eigenvalue weighted by molar-refractivity contribution is 5.86. The fraction of sp³-hybridized carbons (Fsp3) is 0.815. The minimum absolute atomic E-state index is 0. The molecule has 0 unspecified atom stereocenters. The first-order valence-corrected chi connectivity index (χ1v) is 27.4. The number of methoxy groups -OCH3 is 3. The SMILES string of the molecule is C.C.CC[C@@H](/C=N/NC(=O)NCC1CCC(C(=O)NC)CC1)NC(=O)[C@@H]1C[C@@H](OC)CN1.CC[C@@H](/C=N/NC(=O)NCC1CCC(C(=O)NC)CC1)NC(=O)[C@H]1CC[C@H](OC)C1.CC[C@@H](C=O)NC(=O)[C@H]1CC[C@H](OC)C1. The van der Waals surface area contributed by atoms with Gasteiger partial charge in [0.25, 0.3) is 0 Å². The molecule has 9 atom stereocenters. The molecule has 77 heavy (non-hydrogen) atoms. The van der Waals surface area contributed by atoms with Gasteiger partial charge >= 0.3 is 12.1 Å². The number of rotatable bonds is 23. The summed E-state index contributed by atoms with van der Waals surface area (Å²) in [5.74, 6) is 1.06. The van der Waals surface area contributed by atoms with Gasteiger partial charge in [-0.05, 0) is 127 Å². The van der Waals surface area contributed by atoms with Crippen LogP contribution >= 0.6 is 0 Å². The van der Waals surface area contributed by atoms with Crippen molar-refractivity contribution < 1.29 is 52.6 Å². The Kier molecular flexibility index (Phi) is 35.5. The van der Waals surface area contributed by atoms with Gasteiger partial charge in [-0.2, -0.15) is 10.2 Å². The summed E-state index contributed by atoms with van der Waals surface area (Å²) >= 11 is 0. The zero-order chi connectivity index (χ0) is 55.1. The van der Waals surface area contributed by atoms with Gasteiger partial charge in [0.1, 0.15) is 6.29 Å². The normalized spacial score (nSPS) is 26.7. The molecule has 0 spiro atoms. The van der Waals surface area contributed by atoms with Gasteiger partial charge in [-0.1, -0.05) is 35.6 Å². The minimum atomic E-state index is -0.374. The summed E-state index contributed by atoms with van der Waals surface area (Å²) in [6.07, 6.45) is 19.1. The van der Waals surface area contributed by atoms with Gasteiger partial charge in [-0.3, -0.25) is 24.0 Å². The molecular formula is C54H100N12O11. The maximum atomic E-state index is 12.4. The lowest BCUT2D eigenvalue weighted by atomic mass is 9.81. The number of aldehydes is 1. The Morgan fingerprint density at radius 1 is 0.506 bits per heavy atom. The zero-order valence-corrected chi connectivity index (χ0v) is 46.0. The van der Waals surface area contributed by atoms with Gasteiger partial charge in [-0.25, -0.2) is 20.4 Å². The number of amides is 9. The van der Waals surface area contributed by atoms with Crippen LogP contribution in [0.25, 0.3) is 0 Å². The Labute approximate surface area is 459 Å². The number of urea groups is 2. The third kappa shape index (κ3) is 25.8. The van der Waals surface area contributed by atoms with Crippen molar-refractivity contribution in [2.45, 2.75) is 194 Å². The van der Waals surface area contributed by atoms with E-state index in [0.29, 0.717) is 57.2 Å². The van der Waals surface area contributed by atoms with E-state index in [9.17, 15) is 38.4 Å². The molecule has 442 valence electrons. The van der Waals surface area contributed by atoms with Gasteiger partial charge in [0.05, 0.1) is 42.5 Å². The van der Waals surface area contributed by atoms with Crippen molar-refractivity contribution in [1.82, 2.24) is 53.4 Å². The monoisotopic (exact) mass is 1090 g/mol. The summed E-state index contributed by atoms with van der Waals surface area (Å²) in [4.78, 5) is 94.3. The molecule has 1 heterocycles. The lowest BCUT2D eigenvalue weighted by molar-refractivity contribution is -0.127. The van der Waals surface area contributed by atoms with Crippen LogP contribution in [-0.4, -0.2) is 158 Å². The first-order chi connectivity index (χ1) is 36.1. The molecule has 5 rings (SSSR count). The molecule has 23 nitrogen and oxygen atoms in total. The molecule has 9 amide bonds. The Morgan fingerprint density at radius 3 is 1.22 bits per heavy atom. The molecule has 5 aliphatic rings. The van der Waals surface area contributed by atoms with Crippen molar-refractivity contribution in [1.29, 1.82) is 0 Å². The number of nitrogens with zero attached hydrogens (tertiary/aromatic N) is 2. The van der Waals surface area contributed by atoms with E-state index in [1.165, 1.54) is 6.21 Å². The van der Waals surface area contributed by atoms with E-state index in [1.807, 2.05) is 20.8 Å². The fourth-order valence-corrected chi connectivity index (χ4v) is 10.1. The lowest BCUT2D eigenvalue weighted by Crippen LogP contribution is -2.46. The second kappa shape index (κ2) is 39.2. The van der Waals surface area contributed by atoms with Gasteiger partial charge in [-0.15, -0.1) is 0 Å². The molecule has 5 fully saturated rings. The van der Waals surface area contributed by atoms with E-state index < -0.39 is 0 Å². The van der Waals surface area contributed by atoms with Gasteiger partial charge < -0.3 is 61.5 Å². The predicted octanol–water partition coefficient (Wildman–Crippen LogP) is 3.80. The summed E-state index contributed by atoms with van der Waals surface area (Å²) in [7, 11) is 8.32. The van der Waals surface area contributed by atoms with Crippen LogP contribution in [0.3, 0.4) is 0 Å². The van der Waals surface area contributed by atoms with Crippen LogP contribution in [0, 0.1) is 35.5 Å². The second-order valence-electron chi connectivity index (χ2n) is 20.4. The first kappa shape index (κ1) is 69.8. The smallest absolute Gasteiger partial charge is 0.335 e. The minimum Gasteiger partial charge on any atom is -0.381 e. The highest BCUT2D eigenvalue weighted by Gasteiger charge is 2.33. The summed E-state index contributed by atoms with van der Waals surface area (Å²) in [6, 6.07) is -1.83. The van der Waals surface area contributed by atoms with Gasteiger partial charge in [0, 0.05) is 91.2 Å². The first-order valence-electron chi connectivity index (χ1n) is 27.4. The molecule has 4 aliphatic carbocycles. The Bertz CT molecular complexity index is 1720. The number of ether oxygens (including phenoxy) is 3. The molecule has 23 heteroatoms. The average Bonchev–Trinajstić information content (AvgIpc) is 4.25. The Morgan fingerprint density at radius 2 is 0.883 bits per heavy atom. The van der Waals surface area contributed by atoms with E-state index in [1.54, 1.807) is 41.6 Å². The van der Waals surface area contributed by atoms with E-state index >= 15 is 0 Å². The van der Waals surface area contributed by atoms with E-state index in [2.05, 4.69) is 63.6 Å². The summed E-state index contributed by atoms with van der Waals surface area (Å²) in [5, 5.41) is 30.8. The summed E-state index contributed by atoms with van der Waals surface area (Å²) in [5.41, 5.74) is 4.92. The molecule has 0 aromatic heterocycles. The number of hydrazone groups is 2. The fourth-order valence-electron chi connectivity index (χ4n) is 10.1. The van der Waals surface area contributed by atoms with Crippen LogP contribution in [0.2, 0.25) is 0 Å². The number of nitrogens with one attached hydrogen (secondary N) is 10. The second-order valence-corrected chi connectivity index (χ2v) is 20.4. The van der Waals surface area contributed by atoms with Crippen molar-refractivity contribution >= 4 is 60.3 Å². The van der Waals surface area contributed by atoms with Crippen LogP contribution in [0.5, 0.6) is 0 Å². The third-order valence-corrected chi connectivity index (χ3v) is 15.3. The predicted molar refractivity (Wildman–Crippen MR) is 299 cm³/mol. The van der Waals surface area contributed by atoms with Gasteiger partial charge in [0.15, 0.2) is 0 Å². The molecule has 0 bridgehead atoms. The van der Waals surface area contributed by atoms with Crippen molar-refractivity contribution in [3.8, 4) is 0 Å². The molecule has 4 saturated carbocycles. The molecule has 1 saturated heterocycles. The lowest BCUT2D eigenvalue weighted by Gasteiger charge is -2.27. The van der Waals surface area contributed by atoms with E-state index in [4.69, 9.17) is 14.2 Å². The van der Waals surface area contributed by atoms with Crippen LogP contribution in [0.1, 0.15) is 151 Å². The van der Waals surface area contributed by atoms with Crippen LogP contribution in [0.4, 0.5) is 9.59 Å². The van der Waals surface area contributed by atoms with E-state index in [0.717, 1.165) is 96.2 Å². The largest absolute Gasteiger partial charge is 0.381 e. The summed E-state index contributed by atoms with van der Waals surface area (Å²) in [6.45, 7) is 7.56. The number of carbonyl (C=O) groups excluding carboxylic acids is 8. The molecule has 10 N–H and O–H groups in total. The quantitative estimate of drug-likeness (QED) is 0.0397. The topological polar surface area (TPSA) is 309 Å². The Hall–Kier alpha value is -5.26. The van der Waals surface area contributed by atoms with Crippen molar-refractivity contribution in [3.05, 3.63) is 0 Å². The highest BCUT2D eigenvalue weighted by atomic mass is 16.5. The number of hydrogen-bond acceptors (Lipinski definition) is 14. The molecular weight excluding hydrogens is 993 g/mol. The maximum Gasteiger partial charge on any atom is 0.335 e. The van der Waals surface area contributed by atoms with Crippen molar-refractivity contribution in [2.75, 3.05) is 55.1 Å². The standard InChI is InChI=1S/C21H37N5O4.C20H36N6O4.C11H19NO3.2CH4/c1-4-17(25-20(28)16-9-10-18(11-16)30-3)13-24-26-21(29)23-12-14-5-7-15(8-6-14)19(27)22-2;1-4-15(25-19(28)17-9-16(30-3)12-22-17)11-24-26-20(29)23-10-13-5-7-14(8-6-13)18(27)21-2;1-3-9(7-13)12-11(14)8-4-5-10(6-8)15-2;;/h13-18H,4-12H2,1-3H3,(H,22,27)(H,25,28)(H2,23,26,29);11,13-17,22H,4-10,12H2,1-3H3,(H,21,27)(H,25,28)(H2,23,26,29);7-10H,3-6H2,1-2H3,(H,12,14);2*1H4/b24-13+;24-11+;;;/t14?,15?,16-,17-,18-;13?,14?,15-,16+,17-;8-,9-,10-;;/m000../s1. The van der Waals surface area contributed by atoms with Crippen molar-refractivity contribution in [2.24, 2.45) is 45.7 Å². The van der Waals surface area contributed by atoms with Crippen LogP contribution in [0.15, 0.2) is 10.2 Å². The van der Waals surface area contributed by atoms with Gasteiger partial charge in [0.2, 0.25) is 29.5 Å². The molecule has 1 aliphatic heterocycles. The molecule has 0 radical (unpaired) electrons. The average molecular weight is 1090 g/mol.